The molecule has 0 saturated heterocycles. The van der Waals surface area contributed by atoms with Gasteiger partial charge < -0.3 is 14.6 Å². The monoisotopic (exact) mass is 520 g/mol. The van der Waals surface area contributed by atoms with Crippen molar-refractivity contribution in [1.29, 1.82) is 0 Å². The summed E-state index contributed by atoms with van der Waals surface area (Å²) >= 11 is 13.5. The first-order valence-corrected chi connectivity index (χ1v) is 13.0. The summed E-state index contributed by atoms with van der Waals surface area (Å²) in [7, 11) is 0. The number of thioether (sulfide) groups is 1. The number of benzene rings is 2. The molecule has 0 bridgehead atoms. The van der Waals surface area contributed by atoms with E-state index in [1.165, 1.54) is 17.3 Å². The minimum absolute atomic E-state index is 0.158. The van der Waals surface area contributed by atoms with Gasteiger partial charge in [-0.05, 0) is 54.7 Å². The van der Waals surface area contributed by atoms with Crippen molar-refractivity contribution in [2.45, 2.75) is 58.3 Å². The van der Waals surface area contributed by atoms with Crippen molar-refractivity contribution in [3.8, 4) is 5.75 Å². The van der Waals surface area contributed by atoms with Crippen LogP contribution in [0, 0.1) is 5.92 Å². The van der Waals surface area contributed by atoms with E-state index in [9.17, 15) is 4.79 Å². The normalized spacial score (nSPS) is 12.3. The Morgan fingerprint density at radius 1 is 1.06 bits per heavy atom. The predicted octanol–water partition coefficient (Wildman–Crippen LogP) is 7.24. The molecule has 0 fully saturated rings. The van der Waals surface area contributed by atoms with Gasteiger partial charge in [0.25, 0.3) is 0 Å². The number of halogens is 2. The minimum atomic E-state index is -0.301. The Balaban J connectivity index is 1.70. The van der Waals surface area contributed by atoms with Crippen molar-refractivity contribution in [2.75, 3.05) is 11.1 Å². The summed E-state index contributed by atoms with van der Waals surface area (Å²) in [5.74, 6) is 2.29. The number of carbonyl (C=O) groups excluding carboxylic acids is 1. The Morgan fingerprint density at radius 2 is 1.76 bits per heavy atom. The third kappa shape index (κ3) is 7.14. The van der Waals surface area contributed by atoms with Gasteiger partial charge in [0.05, 0.1) is 16.5 Å². The average Bonchev–Trinajstić information content (AvgIpc) is 3.17. The van der Waals surface area contributed by atoms with Crippen molar-refractivity contribution in [3.05, 3.63) is 63.9 Å². The first-order valence-electron chi connectivity index (χ1n) is 11.2. The maximum atomic E-state index is 12.5. The zero-order valence-electron chi connectivity index (χ0n) is 20.0. The van der Waals surface area contributed by atoms with Crippen molar-refractivity contribution < 1.29 is 9.53 Å². The van der Waals surface area contributed by atoms with Gasteiger partial charge in [-0.15, -0.1) is 10.2 Å². The van der Waals surface area contributed by atoms with Gasteiger partial charge in [0, 0.05) is 11.6 Å². The van der Waals surface area contributed by atoms with Crippen LogP contribution in [0.15, 0.2) is 47.6 Å². The number of nitrogens with one attached hydrogen (secondary N) is 1. The summed E-state index contributed by atoms with van der Waals surface area (Å²) in [6.07, 6.45) is -0.301. The maximum Gasteiger partial charge on any atom is 0.234 e. The summed E-state index contributed by atoms with van der Waals surface area (Å²) in [5, 5.41) is 13.1. The average molecular weight is 522 g/mol. The molecule has 6 nitrogen and oxygen atoms in total. The van der Waals surface area contributed by atoms with Crippen LogP contribution < -0.4 is 10.1 Å². The molecule has 1 heterocycles. The Morgan fingerprint density at radius 3 is 2.41 bits per heavy atom. The summed E-state index contributed by atoms with van der Waals surface area (Å²) in [6.45, 7) is 11.3. The van der Waals surface area contributed by atoms with Gasteiger partial charge in [-0.25, -0.2) is 0 Å². The molecule has 1 aromatic heterocycles. The van der Waals surface area contributed by atoms with Crippen LogP contribution in [-0.4, -0.2) is 26.4 Å². The van der Waals surface area contributed by atoms with Gasteiger partial charge in [-0.3, -0.25) is 4.79 Å². The van der Waals surface area contributed by atoms with Crippen molar-refractivity contribution in [2.24, 2.45) is 5.92 Å². The molecule has 2 aromatic carbocycles. The number of rotatable bonds is 10. The van der Waals surface area contributed by atoms with Gasteiger partial charge >= 0.3 is 0 Å². The van der Waals surface area contributed by atoms with Gasteiger partial charge in [-0.1, -0.05) is 74.8 Å². The number of ether oxygens (including phenoxy) is 1. The molecule has 3 aromatic rings. The van der Waals surface area contributed by atoms with Gasteiger partial charge in [0.2, 0.25) is 5.91 Å². The SMILES string of the molecule is CC(C)Cn1c(SCC(=O)Nc2cc(Cl)ccc2Cl)nnc1C(C)Oc1ccc(C(C)C)cc1. The van der Waals surface area contributed by atoms with Crippen molar-refractivity contribution >= 4 is 46.6 Å². The van der Waals surface area contributed by atoms with E-state index in [-0.39, 0.29) is 17.8 Å². The van der Waals surface area contributed by atoms with Crippen LogP contribution in [0.25, 0.3) is 0 Å². The quantitative estimate of drug-likeness (QED) is 0.285. The third-order valence-electron chi connectivity index (χ3n) is 5.05. The first-order chi connectivity index (χ1) is 16.1. The molecule has 3 rings (SSSR count). The standard InChI is InChI=1S/C25H30Cl2N4O2S/c1-15(2)13-31-24(17(5)33-20-9-6-18(7-10-20)16(3)4)29-30-25(31)34-14-23(32)28-22-12-19(26)8-11-21(22)27/h6-12,15-17H,13-14H2,1-5H3,(H,28,32). The minimum Gasteiger partial charge on any atom is -0.483 e. The zero-order chi connectivity index (χ0) is 24.8. The lowest BCUT2D eigenvalue weighted by molar-refractivity contribution is -0.113. The second-order valence-corrected chi connectivity index (χ2v) is 10.6. The Kier molecular flexibility index (Phi) is 9.28. The van der Waals surface area contributed by atoms with E-state index < -0.39 is 0 Å². The highest BCUT2D eigenvalue weighted by atomic mass is 35.5. The molecule has 182 valence electrons. The summed E-state index contributed by atoms with van der Waals surface area (Å²) in [4.78, 5) is 12.5. The Labute approximate surface area is 215 Å². The highest BCUT2D eigenvalue weighted by Crippen LogP contribution is 2.28. The Hall–Kier alpha value is -2.22. The number of aromatic nitrogens is 3. The van der Waals surface area contributed by atoms with Crippen LogP contribution in [0.2, 0.25) is 10.0 Å². The second-order valence-electron chi connectivity index (χ2n) is 8.79. The lowest BCUT2D eigenvalue weighted by Crippen LogP contribution is -2.17. The molecule has 0 saturated carbocycles. The number of carbonyl (C=O) groups is 1. The van der Waals surface area contributed by atoms with Gasteiger partial charge in [-0.2, -0.15) is 0 Å². The molecule has 0 aliphatic rings. The molecule has 0 aliphatic carbocycles. The van der Waals surface area contributed by atoms with E-state index in [2.05, 4.69) is 55.3 Å². The lowest BCUT2D eigenvalue weighted by Gasteiger charge is -2.18. The van der Waals surface area contributed by atoms with E-state index in [1.54, 1.807) is 18.2 Å². The molecular weight excluding hydrogens is 491 g/mol. The van der Waals surface area contributed by atoms with Crippen LogP contribution in [0.3, 0.4) is 0 Å². The molecule has 1 atom stereocenters. The molecule has 0 aliphatic heterocycles. The summed E-state index contributed by atoms with van der Waals surface area (Å²) < 4.78 is 8.19. The van der Waals surface area contributed by atoms with Crippen LogP contribution in [0.4, 0.5) is 5.69 Å². The summed E-state index contributed by atoms with van der Waals surface area (Å²) in [5.41, 5.74) is 1.74. The van der Waals surface area contributed by atoms with Gasteiger partial charge in [0.1, 0.15) is 5.75 Å². The molecule has 9 heteroatoms. The van der Waals surface area contributed by atoms with Crippen LogP contribution in [0.1, 0.15) is 58.0 Å². The van der Waals surface area contributed by atoms with E-state index in [4.69, 9.17) is 27.9 Å². The zero-order valence-corrected chi connectivity index (χ0v) is 22.3. The fourth-order valence-corrected chi connectivity index (χ4v) is 4.43. The second kappa shape index (κ2) is 12.0. The largest absolute Gasteiger partial charge is 0.483 e. The molecular formula is C25H30Cl2N4O2S. The molecule has 1 N–H and O–H groups in total. The van der Waals surface area contributed by atoms with E-state index in [0.717, 1.165) is 11.6 Å². The molecule has 0 spiro atoms. The van der Waals surface area contributed by atoms with Crippen molar-refractivity contribution in [3.63, 3.8) is 0 Å². The highest BCUT2D eigenvalue weighted by molar-refractivity contribution is 7.99. The number of nitrogens with zero attached hydrogens (tertiary/aromatic N) is 3. The Bertz CT molecular complexity index is 1120. The molecule has 34 heavy (non-hydrogen) atoms. The van der Waals surface area contributed by atoms with Crippen LogP contribution in [0.5, 0.6) is 5.75 Å². The van der Waals surface area contributed by atoms with Crippen LogP contribution in [-0.2, 0) is 11.3 Å². The number of anilines is 1. The number of hydrogen-bond acceptors (Lipinski definition) is 5. The maximum absolute atomic E-state index is 12.5. The van der Waals surface area contributed by atoms with Gasteiger partial charge in [0.15, 0.2) is 17.1 Å². The third-order valence-corrected chi connectivity index (χ3v) is 6.58. The van der Waals surface area contributed by atoms with Crippen molar-refractivity contribution in [1.82, 2.24) is 14.8 Å². The molecule has 1 unspecified atom stereocenters. The first kappa shape index (κ1) is 26.4. The fraction of sp³-hybridized carbons (Fsp3) is 0.400. The van der Waals surface area contributed by atoms with E-state index in [1.807, 2.05) is 23.6 Å². The lowest BCUT2D eigenvalue weighted by atomic mass is 10.0. The topological polar surface area (TPSA) is 69.0 Å². The van der Waals surface area contributed by atoms with E-state index >= 15 is 0 Å². The number of hydrogen-bond donors (Lipinski definition) is 1. The van der Waals surface area contributed by atoms with E-state index in [0.29, 0.717) is 39.3 Å². The highest BCUT2D eigenvalue weighted by Gasteiger charge is 2.21. The molecule has 1 amide bonds. The van der Waals surface area contributed by atoms with Crippen LogP contribution >= 0.6 is 35.0 Å². The fourth-order valence-electron chi connectivity index (χ4n) is 3.34. The predicted molar refractivity (Wildman–Crippen MR) is 140 cm³/mol. The molecule has 0 radical (unpaired) electrons. The smallest absolute Gasteiger partial charge is 0.234 e. The number of amides is 1. The summed E-state index contributed by atoms with van der Waals surface area (Å²) in [6, 6.07) is 13.1.